The fourth-order valence-electron chi connectivity index (χ4n) is 3.91. The van der Waals surface area contributed by atoms with E-state index in [2.05, 4.69) is 19.6 Å². The van der Waals surface area contributed by atoms with Crippen molar-refractivity contribution in [2.45, 2.75) is 11.4 Å². The molecular weight excluding hydrogens is 476 g/mol. The Morgan fingerprint density at radius 3 is 2.28 bits per heavy atom. The van der Waals surface area contributed by atoms with Crippen LogP contribution in [-0.4, -0.2) is 49.6 Å². The first kappa shape index (κ1) is 23.9. The Morgan fingerprint density at radius 1 is 0.861 bits per heavy atom. The highest BCUT2D eigenvalue weighted by atomic mass is 32.2. The van der Waals surface area contributed by atoms with Crippen LogP contribution < -0.4 is 9.46 Å². The van der Waals surface area contributed by atoms with Crippen molar-refractivity contribution >= 4 is 16.0 Å². The van der Waals surface area contributed by atoms with Crippen molar-refractivity contribution < 1.29 is 17.9 Å². The minimum Gasteiger partial charge on any atom is -0.439 e. The Kier molecular flexibility index (Phi) is 7.22. The van der Waals surface area contributed by atoms with Crippen molar-refractivity contribution in [2.24, 2.45) is 0 Å². The highest BCUT2D eigenvalue weighted by Gasteiger charge is 2.19. The molecule has 9 heteroatoms. The molecule has 3 aromatic carbocycles. The minimum atomic E-state index is -3.88. The highest BCUT2D eigenvalue weighted by molar-refractivity contribution is 7.92. The van der Waals surface area contributed by atoms with Crippen molar-refractivity contribution in [1.82, 2.24) is 14.9 Å². The summed E-state index contributed by atoms with van der Waals surface area (Å²) in [6.07, 6.45) is 0. The van der Waals surface area contributed by atoms with Gasteiger partial charge >= 0.3 is 0 Å². The Morgan fingerprint density at radius 2 is 1.53 bits per heavy atom. The number of hydrogen-bond acceptors (Lipinski definition) is 7. The molecule has 0 amide bonds. The van der Waals surface area contributed by atoms with E-state index in [1.807, 2.05) is 54.6 Å². The number of para-hydroxylation sites is 1. The van der Waals surface area contributed by atoms with Gasteiger partial charge in [0, 0.05) is 36.8 Å². The van der Waals surface area contributed by atoms with Crippen LogP contribution >= 0.6 is 0 Å². The topological polar surface area (TPSA) is 93.7 Å². The number of rotatable bonds is 8. The second-order valence-corrected chi connectivity index (χ2v) is 9.98. The summed E-state index contributed by atoms with van der Waals surface area (Å²) in [5, 5.41) is 0. The average molecular weight is 503 g/mol. The molecule has 0 bridgehead atoms. The van der Waals surface area contributed by atoms with Gasteiger partial charge < -0.3 is 9.47 Å². The lowest BCUT2D eigenvalue weighted by molar-refractivity contribution is 0.0339. The number of aromatic nitrogens is 2. The average Bonchev–Trinajstić information content (AvgIpc) is 2.91. The van der Waals surface area contributed by atoms with Gasteiger partial charge in [0.2, 0.25) is 11.8 Å². The standard InChI is InChI=1S/C27H26N4O4S/c32-36(33,23-12-5-2-6-13-23)30-27-28-24(21-9-3-1-4-10-21)19-26(29-27)35-25-14-8-7-11-22(25)20-31-15-17-34-18-16-31/h1-14,19H,15-18,20H2,(H,28,29,30). The monoisotopic (exact) mass is 502 g/mol. The van der Waals surface area contributed by atoms with Gasteiger partial charge in [0.25, 0.3) is 10.0 Å². The van der Waals surface area contributed by atoms with E-state index in [1.165, 1.54) is 12.1 Å². The van der Waals surface area contributed by atoms with Crippen molar-refractivity contribution in [3.8, 4) is 22.9 Å². The van der Waals surface area contributed by atoms with Crippen LogP contribution in [0.1, 0.15) is 5.56 Å². The molecule has 5 rings (SSSR count). The zero-order chi connectivity index (χ0) is 24.8. The number of ether oxygens (including phenoxy) is 2. The molecule has 0 saturated carbocycles. The Balaban J connectivity index is 1.48. The summed E-state index contributed by atoms with van der Waals surface area (Å²) in [7, 11) is -3.88. The zero-order valence-corrected chi connectivity index (χ0v) is 20.4. The van der Waals surface area contributed by atoms with Gasteiger partial charge in [-0.25, -0.2) is 18.1 Å². The molecular formula is C27H26N4O4S. The van der Waals surface area contributed by atoms with Crippen LogP contribution in [-0.2, 0) is 21.3 Å². The van der Waals surface area contributed by atoms with E-state index in [4.69, 9.17) is 9.47 Å². The van der Waals surface area contributed by atoms with Crippen molar-refractivity contribution in [3.05, 3.63) is 96.6 Å². The van der Waals surface area contributed by atoms with Crippen LogP contribution in [0, 0.1) is 0 Å². The van der Waals surface area contributed by atoms with Gasteiger partial charge in [0.1, 0.15) is 5.75 Å². The number of anilines is 1. The molecule has 2 heterocycles. The molecule has 1 saturated heterocycles. The van der Waals surface area contributed by atoms with Crippen molar-refractivity contribution in [1.29, 1.82) is 0 Å². The third-order valence-electron chi connectivity index (χ3n) is 5.74. The number of nitrogens with one attached hydrogen (secondary N) is 1. The maximum absolute atomic E-state index is 12.9. The molecule has 1 N–H and O–H groups in total. The fourth-order valence-corrected chi connectivity index (χ4v) is 4.87. The molecule has 4 aromatic rings. The maximum atomic E-state index is 12.9. The molecule has 0 unspecified atom stereocenters. The van der Waals surface area contributed by atoms with Crippen LogP contribution in [0.25, 0.3) is 11.3 Å². The zero-order valence-electron chi connectivity index (χ0n) is 19.6. The lowest BCUT2D eigenvalue weighted by atomic mass is 10.1. The third-order valence-corrected chi connectivity index (χ3v) is 7.08. The van der Waals surface area contributed by atoms with Gasteiger partial charge in [-0.2, -0.15) is 4.98 Å². The minimum absolute atomic E-state index is 0.0686. The summed E-state index contributed by atoms with van der Waals surface area (Å²) in [4.78, 5) is 11.3. The van der Waals surface area contributed by atoms with E-state index in [9.17, 15) is 8.42 Å². The van der Waals surface area contributed by atoms with Crippen molar-refractivity contribution in [2.75, 3.05) is 31.0 Å². The van der Waals surface area contributed by atoms with Gasteiger partial charge in [-0.05, 0) is 18.2 Å². The first-order valence-electron chi connectivity index (χ1n) is 11.6. The predicted molar refractivity (Wildman–Crippen MR) is 137 cm³/mol. The molecule has 0 aliphatic carbocycles. The number of sulfonamides is 1. The molecule has 8 nitrogen and oxygen atoms in total. The van der Waals surface area contributed by atoms with Gasteiger partial charge in [0.15, 0.2) is 0 Å². The number of benzene rings is 3. The number of nitrogens with zero attached hydrogens (tertiary/aromatic N) is 3. The van der Waals surface area contributed by atoms with Gasteiger partial charge in [-0.15, -0.1) is 0 Å². The molecule has 1 fully saturated rings. The smallest absolute Gasteiger partial charge is 0.264 e. The highest BCUT2D eigenvalue weighted by Crippen LogP contribution is 2.29. The molecule has 0 spiro atoms. The van der Waals surface area contributed by atoms with E-state index >= 15 is 0 Å². The summed E-state index contributed by atoms with van der Waals surface area (Å²) in [6.45, 7) is 3.83. The molecule has 36 heavy (non-hydrogen) atoms. The van der Waals surface area contributed by atoms with Crippen LogP contribution in [0.2, 0.25) is 0 Å². The summed E-state index contributed by atoms with van der Waals surface area (Å²) >= 11 is 0. The Hall–Kier alpha value is -3.79. The molecule has 1 aliphatic heterocycles. The largest absolute Gasteiger partial charge is 0.439 e. The van der Waals surface area contributed by atoms with E-state index in [-0.39, 0.29) is 16.7 Å². The molecule has 0 radical (unpaired) electrons. The number of morpholine rings is 1. The second kappa shape index (κ2) is 10.9. The van der Waals surface area contributed by atoms with E-state index in [0.717, 1.165) is 24.2 Å². The fraction of sp³-hybridized carbons (Fsp3) is 0.185. The predicted octanol–water partition coefficient (Wildman–Crippen LogP) is 4.57. The van der Waals surface area contributed by atoms with Gasteiger partial charge in [-0.1, -0.05) is 66.7 Å². The van der Waals surface area contributed by atoms with Crippen LogP contribution in [0.15, 0.2) is 95.9 Å². The third kappa shape index (κ3) is 5.88. The van der Waals surface area contributed by atoms with E-state index in [1.54, 1.807) is 24.3 Å². The van der Waals surface area contributed by atoms with Gasteiger partial charge in [0.05, 0.1) is 23.8 Å². The molecule has 184 valence electrons. The van der Waals surface area contributed by atoms with Gasteiger partial charge in [-0.3, -0.25) is 4.90 Å². The van der Waals surface area contributed by atoms with Crippen LogP contribution in [0.3, 0.4) is 0 Å². The van der Waals surface area contributed by atoms with Crippen molar-refractivity contribution in [3.63, 3.8) is 0 Å². The Bertz CT molecular complexity index is 1410. The first-order chi connectivity index (χ1) is 17.6. The molecule has 1 aromatic heterocycles. The summed E-state index contributed by atoms with van der Waals surface area (Å²) in [5.41, 5.74) is 2.36. The summed E-state index contributed by atoms with van der Waals surface area (Å²) < 4.78 is 40.1. The lowest BCUT2D eigenvalue weighted by Crippen LogP contribution is -2.35. The van der Waals surface area contributed by atoms with E-state index in [0.29, 0.717) is 31.2 Å². The quantitative estimate of drug-likeness (QED) is 0.377. The molecule has 1 aliphatic rings. The maximum Gasteiger partial charge on any atom is 0.264 e. The lowest BCUT2D eigenvalue weighted by Gasteiger charge is -2.27. The second-order valence-electron chi connectivity index (χ2n) is 8.30. The first-order valence-corrected chi connectivity index (χ1v) is 13.1. The SMILES string of the molecule is O=S(=O)(Nc1nc(Oc2ccccc2CN2CCOCC2)cc(-c2ccccc2)n1)c1ccccc1. The summed E-state index contributed by atoms with van der Waals surface area (Å²) in [5.74, 6) is 0.823. The normalized spacial score (nSPS) is 14.3. The van der Waals surface area contributed by atoms with Crippen LogP contribution in [0.4, 0.5) is 5.95 Å². The Labute approximate surface area is 210 Å². The van der Waals surface area contributed by atoms with Crippen LogP contribution in [0.5, 0.6) is 11.6 Å². The van der Waals surface area contributed by atoms with E-state index < -0.39 is 10.0 Å². The molecule has 0 atom stereocenters. The summed E-state index contributed by atoms with van der Waals surface area (Å²) in [6, 6.07) is 27.1. The number of hydrogen-bond donors (Lipinski definition) is 1.